The summed E-state index contributed by atoms with van der Waals surface area (Å²) in [5.41, 5.74) is 0.699. The Balaban J connectivity index is 1.99. The van der Waals surface area contributed by atoms with E-state index in [9.17, 15) is 23.3 Å². The highest BCUT2D eigenvalue weighted by Crippen LogP contribution is 2.26. The van der Waals surface area contributed by atoms with Gasteiger partial charge in [-0.25, -0.2) is 8.42 Å². The third kappa shape index (κ3) is 3.33. The molecule has 0 spiro atoms. The fraction of sp³-hybridized carbons (Fsp3) is 0.188. The number of benzene rings is 2. The van der Waals surface area contributed by atoms with Crippen molar-refractivity contribution in [1.82, 2.24) is 4.57 Å². The fourth-order valence-electron chi connectivity index (χ4n) is 2.57. The van der Waals surface area contributed by atoms with Crippen LogP contribution in [0.15, 0.2) is 52.2 Å². The summed E-state index contributed by atoms with van der Waals surface area (Å²) in [5, 5.41) is 10.8. The Labute approximate surface area is 152 Å². The van der Waals surface area contributed by atoms with E-state index in [0.717, 1.165) is 22.9 Å². The van der Waals surface area contributed by atoms with Crippen molar-refractivity contribution in [2.45, 2.75) is 24.8 Å². The minimum absolute atomic E-state index is 0.0105. The van der Waals surface area contributed by atoms with Crippen molar-refractivity contribution in [2.24, 2.45) is 0 Å². The van der Waals surface area contributed by atoms with Gasteiger partial charge in [0, 0.05) is 18.2 Å². The molecule has 0 atom stereocenters. The lowest BCUT2D eigenvalue weighted by Gasteiger charge is -2.10. The predicted octanol–water partition coefficient (Wildman–Crippen LogP) is 3.35. The van der Waals surface area contributed by atoms with Crippen molar-refractivity contribution >= 4 is 43.0 Å². The number of nitro groups is 1. The van der Waals surface area contributed by atoms with Crippen LogP contribution in [0.3, 0.4) is 0 Å². The second-order valence-corrected chi connectivity index (χ2v) is 8.55. The normalized spacial score (nSPS) is 11.8. The first-order chi connectivity index (χ1) is 12.2. The second-order valence-electron chi connectivity index (χ2n) is 5.87. The summed E-state index contributed by atoms with van der Waals surface area (Å²) in [6.07, 6.45) is 0. The van der Waals surface area contributed by atoms with E-state index in [2.05, 4.69) is 4.72 Å². The van der Waals surface area contributed by atoms with Crippen LogP contribution in [0.2, 0.25) is 0 Å². The van der Waals surface area contributed by atoms with Crippen molar-refractivity contribution in [2.75, 3.05) is 4.72 Å². The summed E-state index contributed by atoms with van der Waals surface area (Å²) in [7, 11) is -3.99. The van der Waals surface area contributed by atoms with Crippen LogP contribution in [0.5, 0.6) is 0 Å². The van der Waals surface area contributed by atoms with Gasteiger partial charge in [0.15, 0.2) is 0 Å². The summed E-state index contributed by atoms with van der Waals surface area (Å²) in [5.74, 6) is 0. The predicted molar refractivity (Wildman–Crippen MR) is 100 cm³/mol. The summed E-state index contributed by atoms with van der Waals surface area (Å²) in [4.78, 5) is 21.9. The third-order valence-electron chi connectivity index (χ3n) is 3.72. The minimum Gasteiger partial charge on any atom is -0.296 e. The number of rotatable bonds is 5. The van der Waals surface area contributed by atoms with E-state index in [1.165, 1.54) is 18.2 Å². The van der Waals surface area contributed by atoms with Crippen molar-refractivity contribution in [1.29, 1.82) is 0 Å². The summed E-state index contributed by atoms with van der Waals surface area (Å²) >= 11 is 1.03. The van der Waals surface area contributed by atoms with Crippen LogP contribution in [0.1, 0.15) is 19.9 Å². The molecule has 0 unspecified atom stereocenters. The molecule has 26 heavy (non-hydrogen) atoms. The molecule has 0 aliphatic heterocycles. The molecule has 0 saturated carbocycles. The number of non-ortho nitro benzene ring substituents is 1. The van der Waals surface area contributed by atoms with Crippen LogP contribution in [-0.4, -0.2) is 17.9 Å². The van der Waals surface area contributed by atoms with Crippen LogP contribution in [0, 0.1) is 10.1 Å². The Morgan fingerprint density at radius 3 is 2.58 bits per heavy atom. The number of nitrogens with zero attached hydrogens (tertiary/aromatic N) is 2. The van der Waals surface area contributed by atoms with Crippen molar-refractivity contribution in [3.8, 4) is 0 Å². The molecule has 1 aromatic heterocycles. The average Bonchev–Trinajstić information content (AvgIpc) is 2.89. The van der Waals surface area contributed by atoms with E-state index in [-0.39, 0.29) is 27.2 Å². The quantitative estimate of drug-likeness (QED) is 0.528. The van der Waals surface area contributed by atoms with Gasteiger partial charge in [-0.1, -0.05) is 17.4 Å². The summed E-state index contributed by atoms with van der Waals surface area (Å²) in [6.45, 7) is 3.79. The van der Waals surface area contributed by atoms with Gasteiger partial charge in [-0.05, 0) is 38.1 Å². The van der Waals surface area contributed by atoms with Gasteiger partial charge in [-0.2, -0.15) is 0 Å². The summed E-state index contributed by atoms with van der Waals surface area (Å²) in [6, 6.07) is 9.61. The first-order valence-electron chi connectivity index (χ1n) is 7.61. The van der Waals surface area contributed by atoms with Crippen LogP contribution < -0.4 is 9.60 Å². The highest BCUT2D eigenvalue weighted by atomic mass is 32.2. The molecule has 3 aromatic rings. The number of aromatic nitrogens is 1. The van der Waals surface area contributed by atoms with Gasteiger partial charge in [0.25, 0.3) is 15.7 Å². The van der Waals surface area contributed by atoms with E-state index in [1.807, 2.05) is 13.8 Å². The Morgan fingerprint density at radius 2 is 1.92 bits per heavy atom. The van der Waals surface area contributed by atoms with Gasteiger partial charge < -0.3 is 0 Å². The second kappa shape index (κ2) is 6.54. The van der Waals surface area contributed by atoms with Gasteiger partial charge >= 0.3 is 4.87 Å². The largest absolute Gasteiger partial charge is 0.308 e. The molecule has 1 heterocycles. The molecule has 0 aliphatic carbocycles. The standard InChI is InChI=1S/C16H15N3O5S2/c1-10(2)18-14-7-6-11(8-15(14)25-16(18)20)17-26(23,24)13-5-3-4-12(9-13)19(21)22/h3-10,17H,1-2H3. The molecule has 136 valence electrons. The molecule has 0 amide bonds. The van der Waals surface area contributed by atoms with Crippen molar-refractivity contribution in [3.05, 3.63) is 62.2 Å². The number of hydrogen-bond donors (Lipinski definition) is 1. The molecule has 3 rings (SSSR count). The Hall–Kier alpha value is -2.72. The number of thiazole rings is 1. The lowest BCUT2D eigenvalue weighted by atomic mass is 10.3. The van der Waals surface area contributed by atoms with E-state index in [4.69, 9.17) is 0 Å². The zero-order chi connectivity index (χ0) is 19.1. The zero-order valence-electron chi connectivity index (χ0n) is 13.9. The molecule has 0 radical (unpaired) electrons. The Bertz CT molecular complexity index is 1160. The highest BCUT2D eigenvalue weighted by molar-refractivity contribution is 7.92. The van der Waals surface area contributed by atoms with Gasteiger partial charge in [-0.15, -0.1) is 0 Å². The smallest absolute Gasteiger partial charge is 0.296 e. The molecule has 0 fully saturated rings. The SMILES string of the molecule is CC(C)n1c(=O)sc2cc(NS(=O)(=O)c3cccc([N+](=O)[O-])c3)ccc21. The zero-order valence-corrected chi connectivity index (χ0v) is 15.5. The number of fused-ring (bicyclic) bond motifs is 1. The average molecular weight is 393 g/mol. The maximum absolute atomic E-state index is 12.5. The lowest BCUT2D eigenvalue weighted by molar-refractivity contribution is -0.385. The van der Waals surface area contributed by atoms with E-state index in [1.54, 1.807) is 22.8 Å². The monoisotopic (exact) mass is 393 g/mol. The molecular formula is C16H15N3O5S2. The maximum atomic E-state index is 12.5. The molecular weight excluding hydrogens is 378 g/mol. The van der Waals surface area contributed by atoms with Crippen LogP contribution in [0.25, 0.3) is 10.2 Å². The first kappa shape index (κ1) is 18.1. The number of nitro benzene ring substituents is 1. The lowest BCUT2D eigenvalue weighted by Crippen LogP contribution is -2.15. The molecule has 1 N–H and O–H groups in total. The van der Waals surface area contributed by atoms with Gasteiger partial charge in [-0.3, -0.25) is 24.2 Å². The molecule has 0 bridgehead atoms. The van der Waals surface area contributed by atoms with E-state index < -0.39 is 14.9 Å². The van der Waals surface area contributed by atoms with Crippen LogP contribution in [-0.2, 0) is 10.0 Å². The van der Waals surface area contributed by atoms with E-state index in [0.29, 0.717) is 4.70 Å². The van der Waals surface area contributed by atoms with Gasteiger partial charge in [0.05, 0.1) is 25.7 Å². The third-order valence-corrected chi connectivity index (χ3v) is 6.02. The van der Waals surface area contributed by atoms with Gasteiger partial charge in [0.2, 0.25) is 0 Å². The van der Waals surface area contributed by atoms with Crippen LogP contribution >= 0.6 is 11.3 Å². The molecule has 2 aromatic carbocycles. The highest BCUT2D eigenvalue weighted by Gasteiger charge is 2.18. The van der Waals surface area contributed by atoms with Crippen LogP contribution in [0.4, 0.5) is 11.4 Å². The number of hydrogen-bond acceptors (Lipinski definition) is 6. The number of sulfonamides is 1. The minimum atomic E-state index is -3.99. The van der Waals surface area contributed by atoms with Crippen molar-refractivity contribution in [3.63, 3.8) is 0 Å². The first-order valence-corrected chi connectivity index (χ1v) is 9.91. The number of nitrogens with one attached hydrogen (secondary N) is 1. The Kier molecular flexibility index (Phi) is 4.55. The maximum Gasteiger partial charge on any atom is 0.308 e. The van der Waals surface area contributed by atoms with Crippen molar-refractivity contribution < 1.29 is 13.3 Å². The number of anilines is 1. The van der Waals surface area contributed by atoms with E-state index >= 15 is 0 Å². The molecule has 0 saturated heterocycles. The fourth-order valence-corrected chi connectivity index (χ4v) is 4.71. The Morgan fingerprint density at radius 1 is 1.19 bits per heavy atom. The molecule has 10 heteroatoms. The molecule has 0 aliphatic rings. The molecule has 8 nitrogen and oxygen atoms in total. The topological polar surface area (TPSA) is 111 Å². The summed E-state index contributed by atoms with van der Waals surface area (Å²) < 4.78 is 29.7. The van der Waals surface area contributed by atoms with Gasteiger partial charge in [0.1, 0.15) is 0 Å².